The van der Waals surface area contributed by atoms with E-state index in [1.807, 2.05) is 0 Å². The number of carbonyl (C=O) groups excluding carboxylic acids is 2. The van der Waals surface area contributed by atoms with Gasteiger partial charge in [0, 0.05) is 0 Å². The lowest BCUT2D eigenvalue weighted by molar-refractivity contribution is -0.121. The number of rotatable bonds is 4. The maximum Gasteiger partial charge on any atom is 0.318 e. The lowest BCUT2D eigenvalue weighted by atomic mass is 9.94. The molecule has 16 heavy (non-hydrogen) atoms. The van der Waals surface area contributed by atoms with Gasteiger partial charge < -0.3 is 11.1 Å². The van der Waals surface area contributed by atoms with Gasteiger partial charge in [0.25, 0.3) is 0 Å². The predicted octanol–water partition coefficient (Wildman–Crippen LogP) is 0.516. The van der Waals surface area contributed by atoms with Crippen LogP contribution >= 0.6 is 0 Å². The fraction of sp³-hybridized carbons (Fsp3) is 0.636. The van der Waals surface area contributed by atoms with Crippen LogP contribution in [-0.4, -0.2) is 24.5 Å². The lowest BCUT2D eigenvalue weighted by Crippen LogP contribution is -2.47. The summed E-state index contributed by atoms with van der Waals surface area (Å²) in [4.78, 5) is 21.8. The molecule has 4 N–H and O–H groups in total. The summed E-state index contributed by atoms with van der Waals surface area (Å²) in [6.07, 6.45) is 7.66. The summed E-state index contributed by atoms with van der Waals surface area (Å²) in [6, 6.07) is -1.20. The molecule has 1 aliphatic carbocycles. The van der Waals surface area contributed by atoms with Crippen molar-refractivity contribution in [1.29, 1.82) is 0 Å². The van der Waals surface area contributed by atoms with Crippen molar-refractivity contribution in [3.63, 3.8) is 0 Å². The molecule has 1 rings (SSSR count). The third kappa shape index (κ3) is 4.44. The molecule has 3 amide bonds. The highest BCUT2D eigenvalue weighted by molar-refractivity contribution is 5.96. The van der Waals surface area contributed by atoms with E-state index in [9.17, 15) is 9.59 Å². The second-order valence-electron chi connectivity index (χ2n) is 4.13. The number of nitrogens with one attached hydrogen (secondary N) is 2. The third-order valence-electron chi connectivity index (χ3n) is 2.73. The van der Waals surface area contributed by atoms with Gasteiger partial charge in [0.05, 0.1) is 6.04 Å². The van der Waals surface area contributed by atoms with Gasteiger partial charge in [-0.15, -0.1) is 0 Å². The molecule has 0 heterocycles. The molecule has 0 radical (unpaired) electrons. The Balaban J connectivity index is 2.23. The second kappa shape index (κ2) is 6.27. The largest absolute Gasteiger partial charge is 0.351 e. The van der Waals surface area contributed by atoms with Crippen LogP contribution in [0.4, 0.5) is 4.79 Å². The quantitative estimate of drug-likeness (QED) is 0.610. The summed E-state index contributed by atoms with van der Waals surface area (Å²) in [7, 11) is 0. The van der Waals surface area contributed by atoms with E-state index in [0.717, 1.165) is 25.8 Å². The third-order valence-corrected chi connectivity index (χ3v) is 2.73. The zero-order valence-corrected chi connectivity index (χ0v) is 9.53. The van der Waals surface area contributed by atoms with Crippen LogP contribution in [-0.2, 0) is 4.79 Å². The Bertz CT molecular complexity index is 289. The van der Waals surface area contributed by atoms with Gasteiger partial charge in [0.15, 0.2) is 0 Å². The molecule has 2 atom stereocenters. The van der Waals surface area contributed by atoms with E-state index >= 15 is 0 Å². The van der Waals surface area contributed by atoms with Crippen molar-refractivity contribution in [2.45, 2.75) is 32.2 Å². The SMILES string of the molecule is CC(NCC1CC=CCC1)C(=O)NC(N)=O. The van der Waals surface area contributed by atoms with Gasteiger partial charge in [-0.2, -0.15) is 0 Å². The number of primary amides is 1. The Labute approximate surface area is 95.5 Å². The van der Waals surface area contributed by atoms with Gasteiger partial charge in [0.2, 0.25) is 5.91 Å². The molecular formula is C11H19N3O2. The minimum atomic E-state index is -0.806. The number of amides is 3. The normalized spacial score (nSPS) is 21.4. The van der Waals surface area contributed by atoms with E-state index in [0.29, 0.717) is 5.92 Å². The van der Waals surface area contributed by atoms with E-state index in [4.69, 9.17) is 5.73 Å². The van der Waals surface area contributed by atoms with Gasteiger partial charge in [-0.05, 0) is 38.6 Å². The van der Waals surface area contributed by atoms with Crippen molar-refractivity contribution < 1.29 is 9.59 Å². The molecule has 0 saturated heterocycles. The van der Waals surface area contributed by atoms with Gasteiger partial charge in [-0.3, -0.25) is 10.1 Å². The highest BCUT2D eigenvalue weighted by Crippen LogP contribution is 2.16. The monoisotopic (exact) mass is 225 g/mol. The zero-order valence-electron chi connectivity index (χ0n) is 9.53. The molecule has 0 aromatic rings. The number of hydrogen-bond donors (Lipinski definition) is 3. The van der Waals surface area contributed by atoms with Crippen molar-refractivity contribution >= 4 is 11.9 Å². The molecule has 5 nitrogen and oxygen atoms in total. The van der Waals surface area contributed by atoms with E-state index in [2.05, 4.69) is 22.8 Å². The lowest BCUT2D eigenvalue weighted by Gasteiger charge is -2.20. The Morgan fingerprint density at radius 2 is 2.25 bits per heavy atom. The highest BCUT2D eigenvalue weighted by atomic mass is 16.2. The predicted molar refractivity (Wildman–Crippen MR) is 61.7 cm³/mol. The van der Waals surface area contributed by atoms with Crippen LogP contribution in [0.15, 0.2) is 12.2 Å². The first kappa shape index (κ1) is 12.7. The van der Waals surface area contributed by atoms with E-state index in [-0.39, 0.29) is 5.91 Å². The molecule has 0 aromatic heterocycles. The molecule has 0 fully saturated rings. The smallest absolute Gasteiger partial charge is 0.318 e. The van der Waals surface area contributed by atoms with Gasteiger partial charge >= 0.3 is 6.03 Å². The van der Waals surface area contributed by atoms with Crippen LogP contribution < -0.4 is 16.4 Å². The topological polar surface area (TPSA) is 84.2 Å². The van der Waals surface area contributed by atoms with Gasteiger partial charge in [0.1, 0.15) is 0 Å². The van der Waals surface area contributed by atoms with Crippen LogP contribution in [0.3, 0.4) is 0 Å². The van der Waals surface area contributed by atoms with Crippen LogP contribution in [0.1, 0.15) is 26.2 Å². The van der Waals surface area contributed by atoms with Crippen molar-refractivity contribution in [3.05, 3.63) is 12.2 Å². The summed E-state index contributed by atoms with van der Waals surface area (Å²) in [5.74, 6) is 0.202. The van der Waals surface area contributed by atoms with Crippen LogP contribution in [0.25, 0.3) is 0 Å². The Morgan fingerprint density at radius 1 is 1.50 bits per heavy atom. The summed E-state index contributed by atoms with van der Waals surface area (Å²) in [6.45, 7) is 2.51. The molecule has 0 spiro atoms. The average molecular weight is 225 g/mol. The number of imide groups is 1. The molecule has 0 saturated carbocycles. The Morgan fingerprint density at radius 3 is 2.81 bits per heavy atom. The average Bonchev–Trinajstić information content (AvgIpc) is 2.26. The minimum Gasteiger partial charge on any atom is -0.351 e. The molecule has 0 aromatic carbocycles. The second-order valence-corrected chi connectivity index (χ2v) is 4.13. The molecule has 1 aliphatic rings. The molecule has 0 bridgehead atoms. The number of nitrogens with two attached hydrogens (primary N) is 1. The van der Waals surface area contributed by atoms with Crippen LogP contribution in [0.5, 0.6) is 0 Å². The fourth-order valence-corrected chi connectivity index (χ4v) is 1.71. The first-order valence-electron chi connectivity index (χ1n) is 5.58. The van der Waals surface area contributed by atoms with E-state index in [1.54, 1.807) is 6.92 Å². The maximum atomic E-state index is 11.3. The summed E-state index contributed by atoms with van der Waals surface area (Å²) < 4.78 is 0. The van der Waals surface area contributed by atoms with Gasteiger partial charge in [-0.25, -0.2) is 4.79 Å². The van der Waals surface area contributed by atoms with Crippen LogP contribution in [0, 0.1) is 5.92 Å². The zero-order chi connectivity index (χ0) is 12.0. The summed E-state index contributed by atoms with van der Waals surface area (Å²) >= 11 is 0. The summed E-state index contributed by atoms with van der Waals surface area (Å²) in [5, 5.41) is 5.16. The molecule has 5 heteroatoms. The number of hydrogen-bond acceptors (Lipinski definition) is 3. The van der Waals surface area contributed by atoms with E-state index in [1.165, 1.54) is 0 Å². The maximum absolute atomic E-state index is 11.3. The molecule has 2 unspecified atom stereocenters. The first-order valence-corrected chi connectivity index (χ1v) is 5.58. The number of allylic oxidation sites excluding steroid dienone is 2. The number of carbonyl (C=O) groups is 2. The van der Waals surface area contributed by atoms with Crippen molar-refractivity contribution in [3.8, 4) is 0 Å². The Hall–Kier alpha value is -1.36. The first-order chi connectivity index (χ1) is 7.59. The van der Waals surface area contributed by atoms with Crippen molar-refractivity contribution in [2.75, 3.05) is 6.54 Å². The molecule has 0 aliphatic heterocycles. The fourth-order valence-electron chi connectivity index (χ4n) is 1.71. The van der Waals surface area contributed by atoms with Crippen molar-refractivity contribution in [1.82, 2.24) is 10.6 Å². The van der Waals surface area contributed by atoms with Crippen LogP contribution in [0.2, 0.25) is 0 Å². The van der Waals surface area contributed by atoms with E-state index < -0.39 is 12.1 Å². The standard InChI is InChI=1S/C11H19N3O2/c1-8(10(15)14-11(12)16)13-7-9-5-3-2-4-6-9/h2-3,8-9,13H,4-7H2,1H3,(H3,12,14,15,16). The Kier molecular flexibility index (Phi) is 4.98. The van der Waals surface area contributed by atoms with Crippen molar-refractivity contribution in [2.24, 2.45) is 11.7 Å². The molecule has 90 valence electrons. The molecular weight excluding hydrogens is 206 g/mol. The van der Waals surface area contributed by atoms with Gasteiger partial charge in [-0.1, -0.05) is 12.2 Å². The number of urea groups is 1. The minimum absolute atomic E-state index is 0.376. The summed E-state index contributed by atoms with van der Waals surface area (Å²) in [5.41, 5.74) is 4.86. The highest BCUT2D eigenvalue weighted by Gasteiger charge is 2.16.